The highest BCUT2D eigenvalue weighted by Crippen LogP contribution is 2.17. The first-order valence-corrected chi connectivity index (χ1v) is 6.26. The molecule has 1 rings (SSSR count). The Morgan fingerprint density at radius 2 is 1.94 bits per heavy atom. The fourth-order valence-electron chi connectivity index (χ4n) is 1.13. The smallest absolute Gasteiger partial charge is 0.244 e. The zero-order valence-corrected chi connectivity index (χ0v) is 10.2. The third-order valence-corrected chi connectivity index (χ3v) is 3.70. The highest BCUT2D eigenvalue weighted by atomic mass is 32.2. The van der Waals surface area contributed by atoms with Gasteiger partial charge in [-0.05, 0) is 32.0 Å². The van der Waals surface area contributed by atoms with E-state index in [1.807, 2.05) is 0 Å². The van der Waals surface area contributed by atoms with Gasteiger partial charge in [0.05, 0.1) is 12.1 Å². The number of benzene rings is 1. The van der Waals surface area contributed by atoms with Gasteiger partial charge in [-0.25, -0.2) is 21.9 Å². The van der Waals surface area contributed by atoms with E-state index in [4.69, 9.17) is 5.11 Å². The summed E-state index contributed by atoms with van der Waals surface area (Å²) in [5.41, 5.74) is -1.16. The Morgan fingerprint density at radius 3 is 2.47 bits per heavy atom. The molecule has 0 aliphatic carbocycles. The van der Waals surface area contributed by atoms with Crippen LogP contribution in [0, 0.1) is 11.6 Å². The number of nitrogens with one attached hydrogen (secondary N) is 1. The fraction of sp³-hybridized carbons (Fsp3) is 0.400. The summed E-state index contributed by atoms with van der Waals surface area (Å²) in [6, 6.07) is 2.15. The molecule has 2 N–H and O–H groups in total. The second-order valence-corrected chi connectivity index (χ2v) is 5.87. The summed E-state index contributed by atoms with van der Waals surface area (Å²) < 4.78 is 51.8. The van der Waals surface area contributed by atoms with Gasteiger partial charge in [-0.1, -0.05) is 0 Å². The maximum Gasteiger partial charge on any atom is 0.244 e. The maximum absolute atomic E-state index is 13.3. The first-order valence-electron chi connectivity index (χ1n) is 4.78. The van der Waals surface area contributed by atoms with Gasteiger partial charge in [0.2, 0.25) is 10.0 Å². The number of aliphatic hydroxyl groups is 1. The van der Waals surface area contributed by atoms with Crippen LogP contribution in [0.3, 0.4) is 0 Å². The second kappa shape index (κ2) is 4.67. The number of aliphatic hydroxyl groups excluding tert-OH is 1. The quantitative estimate of drug-likeness (QED) is 0.854. The van der Waals surface area contributed by atoms with Gasteiger partial charge in [0.1, 0.15) is 16.5 Å². The van der Waals surface area contributed by atoms with Gasteiger partial charge < -0.3 is 5.11 Å². The van der Waals surface area contributed by atoms with Gasteiger partial charge in [-0.2, -0.15) is 0 Å². The van der Waals surface area contributed by atoms with Gasteiger partial charge in [0.15, 0.2) is 0 Å². The SMILES string of the molecule is CC(C)(CO)NS(=O)(=O)c1cc(F)ccc1F. The number of sulfonamides is 1. The van der Waals surface area contributed by atoms with E-state index in [1.54, 1.807) is 0 Å². The molecule has 0 unspecified atom stereocenters. The molecule has 0 heterocycles. The largest absolute Gasteiger partial charge is 0.394 e. The van der Waals surface area contributed by atoms with Crippen molar-refractivity contribution in [1.82, 2.24) is 4.72 Å². The van der Waals surface area contributed by atoms with Crippen molar-refractivity contribution in [3.05, 3.63) is 29.8 Å². The molecule has 0 fully saturated rings. The lowest BCUT2D eigenvalue weighted by Crippen LogP contribution is -2.46. The van der Waals surface area contributed by atoms with E-state index in [9.17, 15) is 17.2 Å². The molecular weight excluding hydrogens is 252 g/mol. The molecule has 0 saturated heterocycles. The zero-order chi connectivity index (χ0) is 13.3. The summed E-state index contributed by atoms with van der Waals surface area (Å²) in [6.07, 6.45) is 0. The van der Waals surface area contributed by atoms with Crippen LogP contribution in [0.15, 0.2) is 23.1 Å². The third-order valence-electron chi connectivity index (χ3n) is 1.99. The third kappa shape index (κ3) is 3.45. The number of halogens is 2. The number of hydrogen-bond donors (Lipinski definition) is 2. The van der Waals surface area contributed by atoms with E-state index < -0.39 is 38.7 Å². The predicted octanol–water partition coefficient (Wildman–Crippen LogP) is 1.01. The minimum atomic E-state index is -4.21. The zero-order valence-electron chi connectivity index (χ0n) is 9.37. The molecule has 1 aromatic rings. The summed E-state index contributed by atoms with van der Waals surface area (Å²) >= 11 is 0. The lowest BCUT2D eigenvalue weighted by molar-refractivity contribution is 0.208. The van der Waals surface area contributed by atoms with Crippen LogP contribution in [0.25, 0.3) is 0 Å². The molecule has 0 saturated carbocycles. The monoisotopic (exact) mass is 265 g/mol. The van der Waals surface area contributed by atoms with Crippen molar-refractivity contribution in [2.45, 2.75) is 24.3 Å². The van der Waals surface area contributed by atoms with Gasteiger partial charge in [0, 0.05) is 0 Å². The summed E-state index contributed by atoms with van der Waals surface area (Å²) in [5, 5.41) is 8.93. The Morgan fingerprint density at radius 1 is 1.35 bits per heavy atom. The summed E-state index contributed by atoms with van der Waals surface area (Å²) in [4.78, 5) is -0.779. The second-order valence-electron chi connectivity index (χ2n) is 4.22. The first-order chi connectivity index (χ1) is 7.68. The van der Waals surface area contributed by atoms with Crippen molar-refractivity contribution in [2.75, 3.05) is 6.61 Å². The predicted molar refractivity (Wildman–Crippen MR) is 57.8 cm³/mol. The van der Waals surface area contributed by atoms with E-state index in [1.165, 1.54) is 13.8 Å². The van der Waals surface area contributed by atoms with Gasteiger partial charge in [0.25, 0.3) is 0 Å². The van der Waals surface area contributed by atoms with Gasteiger partial charge in [-0.15, -0.1) is 0 Å². The topological polar surface area (TPSA) is 66.4 Å². The summed E-state index contributed by atoms with van der Waals surface area (Å²) in [7, 11) is -4.21. The van der Waals surface area contributed by atoms with E-state index in [0.717, 1.165) is 12.1 Å². The molecule has 0 spiro atoms. The van der Waals surface area contributed by atoms with Crippen LogP contribution in [0.2, 0.25) is 0 Å². The Kier molecular flexibility index (Phi) is 3.85. The molecule has 0 bridgehead atoms. The lowest BCUT2D eigenvalue weighted by Gasteiger charge is -2.23. The van der Waals surface area contributed by atoms with Crippen molar-refractivity contribution in [3.8, 4) is 0 Å². The Hall–Kier alpha value is -1.05. The first kappa shape index (κ1) is 14.0. The van der Waals surface area contributed by atoms with Gasteiger partial charge in [-0.3, -0.25) is 0 Å². The molecule has 0 aliphatic rings. The van der Waals surface area contributed by atoms with Crippen LogP contribution in [0.1, 0.15) is 13.8 Å². The Labute approximate surface area is 98.3 Å². The summed E-state index contributed by atoms with van der Waals surface area (Å²) in [6.45, 7) is 2.37. The van der Waals surface area contributed by atoms with E-state index in [2.05, 4.69) is 4.72 Å². The number of rotatable bonds is 4. The van der Waals surface area contributed by atoms with Crippen LogP contribution >= 0.6 is 0 Å². The normalized spacial score (nSPS) is 12.8. The summed E-state index contributed by atoms with van der Waals surface area (Å²) in [5.74, 6) is -1.90. The minimum Gasteiger partial charge on any atom is -0.394 e. The molecular formula is C10H13F2NO3S. The van der Waals surface area contributed by atoms with Gasteiger partial charge >= 0.3 is 0 Å². The van der Waals surface area contributed by atoms with Crippen LogP contribution in [0.5, 0.6) is 0 Å². The molecule has 0 aromatic heterocycles. The van der Waals surface area contributed by atoms with E-state index >= 15 is 0 Å². The standard InChI is InChI=1S/C10H13F2NO3S/c1-10(2,6-14)13-17(15,16)9-5-7(11)3-4-8(9)12/h3-5,13-14H,6H2,1-2H3. The van der Waals surface area contributed by atoms with Crippen molar-refractivity contribution in [2.24, 2.45) is 0 Å². The molecule has 0 amide bonds. The molecule has 1 aromatic carbocycles. The van der Waals surface area contributed by atoms with Crippen molar-refractivity contribution in [3.63, 3.8) is 0 Å². The molecule has 0 radical (unpaired) electrons. The van der Waals surface area contributed by atoms with Crippen LogP contribution in [0.4, 0.5) is 8.78 Å². The van der Waals surface area contributed by atoms with Crippen molar-refractivity contribution in [1.29, 1.82) is 0 Å². The Balaban J connectivity index is 3.18. The van der Waals surface area contributed by atoms with Crippen LogP contribution in [-0.4, -0.2) is 25.7 Å². The molecule has 96 valence electrons. The molecule has 4 nitrogen and oxygen atoms in total. The van der Waals surface area contributed by atoms with Crippen LogP contribution < -0.4 is 4.72 Å². The lowest BCUT2D eigenvalue weighted by atomic mass is 10.1. The molecule has 0 aliphatic heterocycles. The van der Waals surface area contributed by atoms with E-state index in [0.29, 0.717) is 6.07 Å². The fourth-order valence-corrected chi connectivity index (χ4v) is 2.63. The maximum atomic E-state index is 13.3. The van der Waals surface area contributed by atoms with Crippen LogP contribution in [-0.2, 0) is 10.0 Å². The molecule has 17 heavy (non-hydrogen) atoms. The van der Waals surface area contributed by atoms with Crippen molar-refractivity contribution < 1.29 is 22.3 Å². The average molecular weight is 265 g/mol. The minimum absolute atomic E-state index is 0.469. The highest BCUT2D eigenvalue weighted by Gasteiger charge is 2.27. The van der Waals surface area contributed by atoms with E-state index in [-0.39, 0.29) is 0 Å². The molecule has 0 atom stereocenters. The van der Waals surface area contributed by atoms with Crippen molar-refractivity contribution >= 4 is 10.0 Å². The Bertz CT molecular complexity index is 514. The molecule has 7 heteroatoms. The average Bonchev–Trinajstić information content (AvgIpc) is 2.20. The number of hydrogen-bond acceptors (Lipinski definition) is 3. The highest BCUT2D eigenvalue weighted by molar-refractivity contribution is 7.89.